The summed E-state index contributed by atoms with van der Waals surface area (Å²) in [5, 5.41) is 1.11. The maximum absolute atomic E-state index is 13.3. The molecular formula is C27H28Cl2N2O2. The zero-order valence-corrected chi connectivity index (χ0v) is 20.2. The molecule has 1 aliphatic heterocycles. The number of hydrogen-bond donors (Lipinski definition) is 0. The molecule has 0 spiro atoms. The maximum Gasteiger partial charge on any atom is 0.159 e. The Morgan fingerprint density at radius 2 is 1.45 bits per heavy atom. The van der Waals surface area contributed by atoms with Crippen molar-refractivity contribution < 1.29 is 9.53 Å². The molecule has 172 valence electrons. The van der Waals surface area contributed by atoms with Crippen molar-refractivity contribution in [1.29, 1.82) is 0 Å². The highest BCUT2D eigenvalue weighted by Crippen LogP contribution is 2.38. The van der Waals surface area contributed by atoms with Gasteiger partial charge in [0.15, 0.2) is 5.78 Å². The second kappa shape index (κ2) is 10.7. The number of nitrogens with zero attached hydrogens (tertiary/aromatic N) is 2. The molecule has 0 aromatic heterocycles. The number of carbonyl (C=O) groups excluding carboxylic acids is 1. The average molecular weight is 483 g/mol. The second-order valence-electron chi connectivity index (χ2n) is 8.25. The minimum absolute atomic E-state index is 0.133. The molecule has 1 heterocycles. The Labute approximate surface area is 205 Å². The first-order chi connectivity index (χ1) is 16.0. The van der Waals surface area contributed by atoms with Crippen LogP contribution in [-0.2, 0) is 10.3 Å². The highest BCUT2D eigenvalue weighted by atomic mass is 35.5. The molecule has 1 saturated heterocycles. The number of Topliss-reactive ketones (excluding diaryl/α,β-unsaturated/α-hetero) is 1. The van der Waals surface area contributed by atoms with Crippen LogP contribution in [0.5, 0.6) is 5.75 Å². The van der Waals surface area contributed by atoms with Crippen LogP contribution in [0.3, 0.4) is 0 Å². The van der Waals surface area contributed by atoms with Crippen LogP contribution in [0, 0.1) is 0 Å². The van der Waals surface area contributed by atoms with Crippen LogP contribution in [0.15, 0.2) is 78.9 Å². The topological polar surface area (TPSA) is 32.8 Å². The van der Waals surface area contributed by atoms with E-state index in [0.29, 0.717) is 22.4 Å². The second-order valence-corrected chi connectivity index (χ2v) is 9.09. The largest absolute Gasteiger partial charge is 0.491 e. The standard InChI is InChI=1S/C27H28Cl2N2O2/c1-21(32)27(22-8-4-2-5-9-22,23-10-6-3-7-11-23)31-16-14-30(15-17-31)18-19-33-26-13-12-24(28)20-25(26)29/h2-13,20H,14-19H2,1H3. The number of carbonyl (C=O) groups is 1. The Hall–Kier alpha value is -2.37. The van der Waals surface area contributed by atoms with Gasteiger partial charge in [0.2, 0.25) is 0 Å². The Morgan fingerprint density at radius 1 is 0.879 bits per heavy atom. The van der Waals surface area contributed by atoms with Crippen molar-refractivity contribution in [3.63, 3.8) is 0 Å². The number of ether oxygens (including phenoxy) is 1. The smallest absolute Gasteiger partial charge is 0.159 e. The van der Waals surface area contributed by atoms with Crippen molar-refractivity contribution in [2.24, 2.45) is 0 Å². The van der Waals surface area contributed by atoms with Gasteiger partial charge in [-0.2, -0.15) is 0 Å². The summed E-state index contributed by atoms with van der Waals surface area (Å²) in [6, 6.07) is 25.5. The molecule has 0 N–H and O–H groups in total. The zero-order chi connectivity index (χ0) is 23.3. The van der Waals surface area contributed by atoms with Crippen molar-refractivity contribution in [3.05, 3.63) is 100 Å². The number of halogens is 2. The molecule has 1 fully saturated rings. The summed E-state index contributed by atoms with van der Waals surface area (Å²) in [5.41, 5.74) is 1.23. The van der Waals surface area contributed by atoms with Gasteiger partial charge in [0.05, 0.1) is 5.02 Å². The molecular weight excluding hydrogens is 455 g/mol. The third-order valence-corrected chi connectivity index (χ3v) is 6.83. The molecule has 0 bridgehead atoms. The van der Waals surface area contributed by atoms with E-state index in [1.54, 1.807) is 25.1 Å². The van der Waals surface area contributed by atoms with E-state index >= 15 is 0 Å². The van der Waals surface area contributed by atoms with E-state index in [9.17, 15) is 4.79 Å². The summed E-state index contributed by atoms with van der Waals surface area (Å²) < 4.78 is 5.87. The first kappa shape index (κ1) is 23.8. The van der Waals surface area contributed by atoms with Gasteiger partial charge in [-0.15, -0.1) is 0 Å². The molecule has 33 heavy (non-hydrogen) atoms. The van der Waals surface area contributed by atoms with Crippen LogP contribution in [-0.4, -0.2) is 54.9 Å². The highest BCUT2D eigenvalue weighted by Gasteiger charge is 2.45. The van der Waals surface area contributed by atoms with Gasteiger partial charge in [-0.1, -0.05) is 83.9 Å². The molecule has 0 amide bonds. The summed E-state index contributed by atoms with van der Waals surface area (Å²) in [5.74, 6) is 0.775. The van der Waals surface area contributed by atoms with Gasteiger partial charge in [0.1, 0.15) is 17.9 Å². The maximum atomic E-state index is 13.3. The number of benzene rings is 3. The molecule has 0 aliphatic carbocycles. The zero-order valence-electron chi connectivity index (χ0n) is 18.7. The van der Waals surface area contributed by atoms with E-state index < -0.39 is 5.54 Å². The summed E-state index contributed by atoms with van der Waals surface area (Å²) in [7, 11) is 0. The quantitative estimate of drug-likeness (QED) is 0.422. The van der Waals surface area contributed by atoms with Gasteiger partial charge < -0.3 is 4.74 Å². The van der Waals surface area contributed by atoms with Crippen molar-refractivity contribution in [2.45, 2.75) is 12.5 Å². The Bertz CT molecular complexity index is 1030. The van der Waals surface area contributed by atoms with Gasteiger partial charge in [0, 0.05) is 37.7 Å². The van der Waals surface area contributed by atoms with Crippen LogP contribution in [0.1, 0.15) is 18.1 Å². The molecule has 1 aliphatic rings. The molecule has 4 rings (SSSR count). The van der Waals surface area contributed by atoms with Crippen LogP contribution >= 0.6 is 23.2 Å². The molecule has 3 aromatic rings. The highest BCUT2D eigenvalue weighted by molar-refractivity contribution is 6.35. The van der Waals surface area contributed by atoms with E-state index in [4.69, 9.17) is 27.9 Å². The van der Waals surface area contributed by atoms with Crippen molar-refractivity contribution in [3.8, 4) is 5.75 Å². The summed E-state index contributed by atoms with van der Waals surface area (Å²) in [4.78, 5) is 18.0. The third-order valence-electron chi connectivity index (χ3n) is 6.30. The lowest BCUT2D eigenvalue weighted by molar-refractivity contribution is -0.128. The molecule has 0 saturated carbocycles. The lowest BCUT2D eigenvalue weighted by Gasteiger charge is -2.47. The number of rotatable bonds is 8. The van der Waals surface area contributed by atoms with E-state index in [2.05, 4.69) is 34.1 Å². The van der Waals surface area contributed by atoms with E-state index in [0.717, 1.165) is 43.9 Å². The molecule has 3 aromatic carbocycles. The van der Waals surface area contributed by atoms with Crippen LogP contribution < -0.4 is 4.74 Å². The molecule has 0 unspecified atom stereocenters. The monoisotopic (exact) mass is 482 g/mol. The first-order valence-electron chi connectivity index (χ1n) is 11.2. The predicted molar refractivity (Wildman–Crippen MR) is 134 cm³/mol. The molecule has 0 atom stereocenters. The van der Waals surface area contributed by atoms with Gasteiger partial charge in [-0.05, 0) is 36.2 Å². The average Bonchev–Trinajstić information content (AvgIpc) is 2.83. The summed E-state index contributed by atoms with van der Waals surface area (Å²) in [6.07, 6.45) is 0. The number of piperazine rings is 1. The number of hydrogen-bond acceptors (Lipinski definition) is 4. The summed E-state index contributed by atoms with van der Waals surface area (Å²) in [6.45, 7) is 6.30. The Balaban J connectivity index is 1.47. The van der Waals surface area contributed by atoms with Crippen molar-refractivity contribution >= 4 is 29.0 Å². The number of ketones is 1. The summed E-state index contributed by atoms with van der Waals surface area (Å²) >= 11 is 12.2. The fourth-order valence-corrected chi connectivity index (χ4v) is 5.17. The Morgan fingerprint density at radius 3 is 1.97 bits per heavy atom. The van der Waals surface area contributed by atoms with E-state index in [1.165, 1.54) is 0 Å². The Kier molecular flexibility index (Phi) is 7.71. The van der Waals surface area contributed by atoms with Crippen LogP contribution in [0.2, 0.25) is 10.0 Å². The van der Waals surface area contributed by atoms with Crippen LogP contribution in [0.4, 0.5) is 0 Å². The fraction of sp³-hybridized carbons (Fsp3) is 0.296. The minimum Gasteiger partial charge on any atom is -0.491 e. The minimum atomic E-state index is -0.790. The fourth-order valence-electron chi connectivity index (χ4n) is 4.70. The first-order valence-corrected chi connectivity index (χ1v) is 11.9. The lowest BCUT2D eigenvalue weighted by Crippen LogP contribution is -2.59. The van der Waals surface area contributed by atoms with Crippen molar-refractivity contribution in [2.75, 3.05) is 39.3 Å². The SMILES string of the molecule is CC(=O)C(c1ccccc1)(c1ccccc1)N1CCN(CCOc2ccc(Cl)cc2Cl)CC1. The third kappa shape index (κ3) is 5.10. The van der Waals surface area contributed by atoms with Gasteiger partial charge in [-0.25, -0.2) is 0 Å². The van der Waals surface area contributed by atoms with Crippen LogP contribution in [0.25, 0.3) is 0 Å². The predicted octanol–water partition coefficient (Wildman–Crippen LogP) is 5.52. The van der Waals surface area contributed by atoms with Crippen molar-refractivity contribution in [1.82, 2.24) is 9.80 Å². The van der Waals surface area contributed by atoms with E-state index in [1.807, 2.05) is 36.4 Å². The van der Waals surface area contributed by atoms with E-state index in [-0.39, 0.29) is 5.78 Å². The van der Waals surface area contributed by atoms with Gasteiger partial charge in [0.25, 0.3) is 0 Å². The van der Waals surface area contributed by atoms with Gasteiger partial charge in [-0.3, -0.25) is 14.6 Å². The normalized spacial score (nSPS) is 15.4. The molecule has 6 heteroatoms. The lowest BCUT2D eigenvalue weighted by atomic mass is 9.77. The molecule has 0 radical (unpaired) electrons. The molecule has 4 nitrogen and oxygen atoms in total. The van der Waals surface area contributed by atoms with Gasteiger partial charge >= 0.3 is 0 Å².